The molecule has 1 spiro atoms. The number of benzene rings is 1. The maximum absolute atomic E-state index is 13.0. The summed E-state index contributed by atoms with van der Waals surface area (Å²) in [7, 11) is 0. The van der Waals surface area contributed by atoms with Gasteiger partial charge in [0.05, 0.1) is 6.54 Å². The number of urea groups is 1. The van der Waals surface area contributed by atoms with Gasteiger partial charge in [0.2, 0.25) is 0 Å². The SMILES string of the molecule is O=C(NCc1ccc(F)cc1)C1=NO[C@]2(CCN(C(=O)NC3CCCCC3)C2)C1. The van der Waals surface area contributed by atoms with Crippen molar-refractivity contribution >= 4 is 17.6 Å². The standard InChI is InChI=1S/C21H27FN4O3/c22-16-8-6-15(7-9-16)13-23-19(27)18-12-21(29-25-18)10-11-26(14-21)20(28)24-17-4-2-1-3-5-17/h6-9,17H,1-5,10-14H2,(H,23,27)(H,24,28)/t21-/m1/s1. The van der Waals surface area contributed by atoms with Gasteiger partial charge < -0.3 is 20.4 Å². The lowest BCUT2D eigenvalue weighted by Gasteiger charge is -2.27. The maximum atomic E-state index is 13.0. The van der Waals surface area contributed by atoms with E-state index >= 15 is 0 Å². The summed E-state index contributed by atoms with van der Waals surface area (Å²) < 4.78 is 13.0. The summed E-state index contributed by atoms with van der Waals surface area (Å²) in [6.07, 6.45) is 6.71. The number of rotatable bonds is 4. The number of amides is 3. The van der Waals surface area contributed by atoms with Gasteiger partial charge in [-0.25, -0.2) is 9.18 Å². The molecule has 0 bridgehead atoms. The molecule has 156 valence electrons. The van der Waals surface area contributed by atoms with E-state index in [1.807, 2.05) is 0 Å². The molecule has 2 N–H and O–H groups in total. The first-order valence-electron chi connectivity index (χ1n) is 10.4. The molecule has 3 aliphatic rings. The number of halogens is 1. The van der Waals surface area contributed by atoms with Crippen molar-refractivity contribution < 1.29 is 18.8 Å². The van der Waals surface area contributed by atoms with Crippen molar-refractivity contribution in [2.75, 3.05) is 13.1 Å². The fraction of sp³-hybridized carbons (Fsp3) is 0.571. The smallest absolute Gasteiger partial charge is 0.317 e. The van der Waals surface area contributed by atoms with Crippen LogP contribution in [0.2, 0.25) is 0 Å². The Kier molecular flexibility index (Phi) is 5.69. The van der Waals surface area contributed by atoms with E-state index in [1.165, 1.54) is 31.4 Å². The van der Waals surface area contributed by atoms with Crippen LogP contribution in [0.4, 0.5) is 9.18 Å². The molecule has 0 radical (unpaired) electrons. The van der Waals surface area contributed by atoms with Gasteiger partial charge in [-0.15, -0.1) is 0 Å². The minimum Gasteiger partial charge on any atom is -0.386 e. The minimum atomic E-state index is -0.605. The average molecular weight is 402 g/mol. The lowest BCUT2D eigenvalue weighted by atomic mass is 9.95. The summed E-state index contributed by atoms with van der Waals surface area (Å²) in [5.41, 5.74) is 0.536. The lowest BCUT2D eigenvalue weighted by Crippen LogP contribution is -2.46. The Bertz CT molecular complexity index is 792. The van der Waals surface area contributed by atoms with Crippen LogP contribution >= 0.6 is 0 Å². The zero-order valence-corrected chi connectivity index (χ0v) is 16.5. The number of oxime groups is 1. The zero-order valence-electron chi connectivity index (χ0n) is 16.5. The number of likely N-dealkylation sites (tertiary alicyclic amines) is 1. The fourth-order valence-electron chi connectivity index (χ4n) is 4.28. The third-order valence-corrected chi connectivity index (χ3v) is 6.00. The fourth-order valence-corrected chi connectivity index (χ4v) is 4.28. The molecule has 7 nitrogen and oxygen atoms in total. The van der Waals surface area contributed by atoms with Crippen LogP contribution in [0, 0.1) is 5.82 Å². The normalized spacial score (nSPS) is 24.3. The molecule has 1 saturated heterocycles. The van der Waals surface area contributed by atoms with E-state index < -0.39 is 5.60 Å². The number of hydrogen-bond acceptors (Lipinski definition) is 4. The highest BCUT2D eigenvalue weighted by Gasteiger charge is 2.48. The van der Waals surface area contributed by atoms with E-state index in [4.69, 9.17) is 4.84 Å². The van der Waals surface area contributed by atoms with Crippen molar-refractivity contribution in [3.05, 3.63) is 35.6 Å². The molecule has 1 aromatic rings. The van der Waals surface area contributed by atoms with Crippen LogP contribution in [-0.2, 0) is 16.2 Å². The second kappa shape index (κ2) is 8.39. The lowest BCUT2D eigenvalue weighted by molar-refractivity contribution is -0.115. The number of carbonyl (C=O) groups is 2. The van der Waals surface area contributed by atoms with Gasteiger partial charge in [-0.3, -0.25) is 4.79 Å². The van der Waals surface area contributed by atoms with Crippen LogP contribution in [0.25, 0.3) is 0 Å². The monoisotopic (exact) mass is 402 g/mol. The third kappa shape index (κ3) is 4.68. The molecular formula is C21H27FN4O3. The maximum Gasteiger partial charge on any atom is 0.317 e. The summed E-state index contributed by atoms with van der Waals surface area (Å²) in [6, 6.07) is 6.19. The van der Waals surface area contributed by atoms with Gasteiger partial charge in [0, 0.05) is 32.0 Å². The van der Waals surface area contributed by atoms with Crippen molar-refractivity contribution in [1.29, 1.82) is 0 Å². The molecule has 4 rings (SSSR count). The topological polar surface area (TPSA) is 83.0 Å². The van der Waals surface area contributed by atoms with Crippen molar-refractivity contribution in [2.45, 2.75) is 63.1 Å². The molecule has 1 aromatic carbocycles. The van der Waals surface area contributed by atoms with E-state index in [-0.39, 0.29) is 23.8 Å². The second-order valence-corrected chi connectivity index (χ2v) is 8.25. The molecule has 1 atom stereocenters. The Hall–Kier alpha value is -2.64. The molecule has 29 heavy (non-hydrogen) atoms. The quantitative estimate of drug-likeness (QED) is 0.812. The zero-order chi connectivity index (χ0) is 20.3. The first-order chi connectivity index (χ1) is 14.0. The second-order valence-electron chi connectivity index (χ2n) is 8.25. The summed E-state index contributed by atoms with van der Waals surface area (Å²) in [5.74, 6) is -0.606. The summed E-state index contributed by atoms with van der Waals surface area (Å²) in [4.78, 5) is 32.4. The van der Waals surface area contributed by atoms with Crippen molar-refractivity contribution in [3.8, 4) is 0 Å². The Labute approximate surface area is 169 Å². The van der Waals surface area contributed by atoms with Gasteiger partial charge in [-0.1, -0.05) is 36.6 Å². The molecule has 2 heterocycles. The molecular weight excluding hydrogens is 375 g/mol. The number of nitrogens with one attached hydrogen (secondary N) is 2. The van der Waals surface area contributed by atoms with Crippen molar-refractivity contribution in [3.63, 3.8) is 0 Å². The number of hydrogen-bond donors (Lipinski definition) is 2. The highest BCUT2D eigenvalue weighted by molar-refractivity contribution is 6.39. The number of nitrogens with zero attached hydrogens (tertiary/aromatic N) is 2. The van der Waals surface area contributed by atoms with Crippen molar-refractivity contribution in [2.24, 2.45) is 5.16 Å². The number of carbonyl (C=O) groups excluding carboxylic acids is 2. The Morgan fingerprint density at radius 2 is 1.97 bits per heavy atom. The molecule has 2 fully saturated rings. The predicted octanol–water partition coefficient (Wildman–Crippen LogP) is 2.71. The van der Waals surface area contributed by atoms with E-state index in [9.17, 15) is 14.0 Å². The highest BCUT2D eigenvalue weighted by Crippen LogP contribution is 2.34. The van der Waals surface area contributed by atoms with E-state index in [1.54, 1.807) is 17.0 Å². The van der Waals surface area contributed by atoms with Gasteiger partial charge in [0.1, 0.15) is 11.5 Å². The molecule has 1 saturated carbocycles. The Balaban J connectivity index is 1.25. The molecule has 3 amide bonds. The third-order valence-electron chi connectivity index (χ3n) is 6.00. The molecule has 0 aromatic heterocycles. The predicted molar refractivity (Wildman–Crippen MR) is 106 cm³/mol. The van der Waals surface area contributed by atoms with Crippen LogP contribution in [0.1, 0.15) is 50.5 Å². The minimum absolute atomic E-state index is 0.0495. The van der Waals surface area contributed by atoms with E-state index in [0.29, 0.717) is 38.2 Å². The van der Waals surface area contributed by atoms with Crippen LogP contribution in [-0.4, -0.2) is 47.3 Å². The first-order valence-corrected chi connectivity index (χ1v) is 10.4. The van der Waals surface area contributed by atoms with Crippen molar-refractivity contribution in [1.82, 2.24) is 15.5 Å². The summed E-state index contributed by atoms with van der Waals surface area (Å²) >= 11 is 0. The van der Waals surface area contributed by atoms with Gasteiger partial charge in [-0.05, 0) is 30.5 Å². The van der Waals surface area contributed by atoms with Gasteiger partial charge in [-0.2, -0.15) is 0 Å². The Morgan fingerprint density at radius 3 is 2.72 bits per heavy atom. The van der Waals surface area contributed by atoms with Crippen LogP contribution < -0.4 is 10.6 Å². The molecule has 2 aliphatic heterocycles. The van der Waals surface area contributed by atoms with Gasteiger partial charge >= 0.3 is 6.03 Å². The Morgan fingerprint density at radius 1 is 1.21 bits per heavy atom. The molecule has 0 unspecified atom stereocenters. The van der Waals surface area contributed by atoms with Gasteiger partial charge in [0.15, 0.2) is 5.60 Å². The van der Waals surface area contributed by atoms with Crippen LogP contribution in [0.5, 0.6) is 0 Å². The largest absolute Gasteiger partial charge is 0.386 e. The first kappa shape index (κ1) is 19.7. The molecule has 8 heteroatoms. The van der Waals surface area contributed by atoms with Gasteiger partial charge in [0.25, 0.3) is 5.91 Å². The van der Waals surface area contributed by atoms with E-state index in [0.717, 1.165) is 18.4 Å². The average Bonchev–Trinajstić information content (AvgIpc) is 3.35. The summed E-state index contributed by atoms with van der Waals surface area (Å²) in [6.45, 7) is 1.32. The summed E-state index contributed by atoms with van der Waals surface area (Å²) in [5, 5.41) is 9.91. The highest BCUT2D eigenvalue weighted by atomic mass is 19.1. The van der Waals surface area contributed by atoms with E-state index in [2.05, 4.69) is 15.8 Å². The van der Waals surface area contributed by atoms with Crippen LogP contribution in [0.3, 0.4) is 0 Å². The van der Waals surface area contributed by atoms with Crippen LogP contribution in [0.15, 0.2) is 29.4 Å². The molecule has 1 aliphatic carbocycles.